The van der Waals surface area contributed by atoms with Gasteiger partial charge in [0, 0.05) is 37.1 Å². The molecule has 32 heavy (non-hydrogen) atoms. The molecule has 0 N–H and O–H groups in total. The van der Waals surface area contributed by atoms with Crippen LogP contribution in [0.3, 0.4) is 0 Å². The molecule has 168 valence electrons. The Morgan fingerprint density at radius 2 is 1.59 bits per heavy atom. The molecule has 1 aromatic carbocycles. The molecule has 0 radical (unpaired) electrons. The highest BCUT2D eigenvalue weighted by Gasteiger charge is 2.43. The second kappa shape index (κ2) is 9.33. The predicted molar refractivity (Wildman–Crippen MR) is 116 cm³/mol. The first-order valence-corrected chi connectivity index (χ1v) is 11.7. The standard InChI is InChI=1S/C23H24F2N4O2S/c24-16-5-6-18(25)17(11-16)19-14-32-22(27-19)23(15-26,12-20(30)28-7-1-2-8-28)13-21(31)29-9-3-4-10-29/h5-6,11,14H,1-4,7-10,12-13H2. The van der Waals surface area contributed by atoms with E-state index >= 15 is 0 Å². The second-order valence-corrected chi connectivity index (χ2v) is 9.24. The monoisotopic (exact) mass is 458 g/mol. The Morgan fingerprint density at radius 1 is 1.03 bits per heavy atom. The third-order valence-corrected chi connectivity index (χ3v) is 7.20. The van der Waals surface area contributed by atoms with E-state index < -0.39 is 17.0 Å². The Labute approximate surface area is 189 Å². The van der Waals surface area contributed by atoms with Crippen molar-refractivity contribution in [2.24, 2.45) is 0 Å². The molecule has 0 unspecified atom stereocenters. The van der Waals surface area contributed by atoms with E-state index in [2.05, 4.69) is 11.1 Å². The van der Waals surface area contributed by atoms with Crippen molar-refractivity contribution >= 4 is 23.2 Å². The molecule has 1 aromatic heterocycles. The molecule has 2 fully saturated rings. The number of nitriles is 1. The normalized spacial score (nSPS) is 16.4. The average Bonchev–Trinajstić information content (AvgIpc) is 3.57. The predicted octanol–water partition coefficient (Wildman–Crippen LogP) is 3.87. The fraction of sp³-hybridized carbons (Fsp3) is 0.478. The van der Waals surface area contributed by atoms with Crippen molar-refractivity contribution in [2.75, 3.05) is 26.2 Å². The van der Waals surface area contributed by atoms with E-state index in [1.165, 1.54) is 0 Å². The van der Waals surface area contributed by atoms with E-state index in [1.54, 1.807) is 15.2 Å². The zero-order chi connectivity index (χ0) is 22.7. The van der Waals surface area contributed by atoms with Gasteiger partial charge in [0.15, 0.2) is 0 Å². The van der Waals surface area contributed by atoms with Crippen molar-refractivity contribution < 1.29 is 18.4 Å². The molecule has 0 aliphatic carbocycles. The molecule has 6 nitrogen and oxygen atoms in total. The number of carbonyl (C=O) groups excluding carboxylic acids is 2. The van der Waals surface area contributed by atoms with Crippen molar-refractivity contribution in [3.8, 4) is 17.3 Å². The zero-order valence-corrected chi connectivity index (χ0v) is 18.5. The van der Waals surface area contributed by atoms with Gasteiger partial charge >= 0.3 is 0 Å². The smallest absolute Gasteiger partial charge is 0.224 e. The van der Waals surface area contributed by atoms with Crippen LogP contribution in [-0.2, 0) is 15.0 Å². The van der Waals surface area contributed by atoms with Gasteiger partial charge in [0.05, 0.1) is 24.6 Å². The van der Waals surface area contributed by atoms with Crippen LogP contribution in [0.15, 0.2) is 23.6 Å². The number of carbonyl (C=O) groups is 2. The number of hydrogen-bond acceptors (Lipinski definition) is 5. The third-order valence-electron chi connectivity index (χ3n) is 6.16. The molecule has 4 rings (SSSR count). The summed E-state index contributed by atoms with van der Waals surface area (Å²) < 4.78 is 28.0. The van der Waals surface area contributed by atoms with E-state index in [0.29, 0.717) is 26.2 Å². The second-order valence-electron chi connectivity index (χ2n) is 8.39. The first-order chi connectivity index (χ1) is 15.4. The summed E-state index contributed by atoms with van der Waals surface area (Å²) in [6.07, 6.45) is 3.33. The number of aromatic nitrogens is 1. The molecule has 2 amide bonds. The Bertz CT molecular complexity index is 1020. The number of halogens is 2. The lowest BCUT2D eigenvalue weighted by molar-refractivity contribution is -0.133. The minimum atomic E-state index is -1.45. The van der Waals surface area contributed by atoms with E-state index in [0.717, 1.165) is 55.2 Å². The van der Waals surface area contributed by atoms with Gasteiger partial charge in [-0.15, -0.1) is 11.3 Å². The molecule has 2 aliphatic heterocycles. The largest absolute Gasteiger partial charge is 0.343 e. The number of hydrogen-bond donors (Lipinski definition) is 0. The lowest BCUT2D eigenvalue weighted by Gasteiger charge is -2.28. The fourth-order valence-corrected chi connectivity index (χ4v) is 5.29. The molecule has 0 saturated carbocycles. The number of benzene rings is 1. The molecular weight excluding hydrogens is 434 g/mol. The molecular formula is C23H24F2N4O2S. The van der Waals surface area contributed by atoms with Crippen LogP contribution in [-0.4, -0.2) is 52.8 Å². The van der Waals surface area contributed by atoms with Crippen LogP contribution in [0.5, 0.6) is 0 Å². The molecule has 0 bridgehead atoms. The maximum Gasteiger partial charge on any atom is 0.224 e. The van der Waals surface area contributed by atoms with Crippen LogP contribution in [0.2, 0.25) is 0 Å². The van der Waals surface area contributed by atoms with Gasteiger partial charge in [-0.2, -0.15) is 5.26 Å². The molecule has 0 spiro atoms. The molecule has 9 heteroatoms. The Hall–Kier alpha value is -2.86. The fourth-order valence-electron chi connectivity index (χ4n) is 4.32. The summed E-state index contributed by atoms with van der Waals surface area (Å²) in [5, 5.41) is 12.1. The zero-order valence-electron chi connectivity index (χ0n) is 17.6. The van der Waals surface area contributed by atoms with Gasteiger partial charge in [0.25, 0.3) is 0 Å². The number of amides is 2. The Morgan fingerprint density at radius 3 is 2.12 bits per heavy atom. The molecule has 2 aromatic rings. The van der Waals surface area contributed by atoms with Crippen LogP contribution in [0.1, 0.15) is 43.5 Å². The van der Waals surface area contributed by atoms with Gasteiger partial charge in [-0.25, -0.2) is 13.8 Å². The summed E-state index contributed by atoms with van der Waals surface area (Å²) >= 11 is 1.10. The molecule has 0 atom stereocenters. The summed E-state index contributed by atoms with van der Waals surface area (Å²) in [4.78, 5) is 33.8. The van der Waals surface area contributed by atoms with Gasteiger partial charge < -0.3 is 9.80 Å². The van der Waals surface area contributed by atoms with Crippen LogP contribution in [0, 0.1) is 23.0 Å². The number of likely N-dealkylation sites (tertiary alicyclic amines) is 2. The highest BCUT2D eigenvalue weighted by Crippen LogP contribution is 2.38. The van der Waals surface area contributed by atoms with Crippen molar-refractivity contribution in [2.45, 2.75) is 43.9 Å². The van der Waals surface area contributed by atoms with Crippen molar-refractivity contribution in [3.63, 3.8) is 0 Å². The maximum atomic E-state index is 14.3. The minimum absolute atomic E-state index is 0.0175. The van der Waals surface area contributed by atoms with E-state index in [-0.39, 0.29) is 40.9 Å². The van der Waals surface area contributed by atoms with E-state index in [4.69, 9.17) is 0 Å². The third kappa shape index (κ3) is 4.51. The molecule has 2 saturated heterocycles. The van der Waals surface area contributed by atoms with Gasteiger partial charge in [-0.05, 0) is 43.9 Å². The van der Waals surface area contributed by atoms with Gasteiger partial charge in [-0.1, -0.05) is 0 Å². The summed E-state index contributed by atoms with van der Waals surface area (Å²) in [5.41, 5.74) is -1.29. The number of nitrogens with zero attached hydrogens (tertiary/aromatic N) is 4. The topological polar surface area (TPSA) is 77.3 Å². The summed E-state index contributed by atoms with van der Waals surface area (Å²) in [6, 6.07) is 5.31. The Kier molecular flexibility index (Phi) is 6.51. The minimum Gasteiger partial charge on any atom is -0.343 e. The van der Waals surface area contributed by atoms with Gasteiger partial charge in [0.1, 0.15) is 22.1 Å². The van der Waals surface area contributed by atoms with Gasteiger partial charge in [-0.3, -0.25) is 9.59 Å². The lowest BCUT2D eigenvalue weighted by Crippen LogP contribution is -2.40. The van der Waals surface area contributed by atoms with Crippen LogP contribution < -0.4 is 0 Å². The average molecular weight is 459 g/mol. The maximum absolute atomic E-state index is 14.3. The summed E-state index contributed by atoms with van der Waals surface area (Å²) in [6.45, 7) is 2.55. The van der Waals surface area contributed by atoms with Crippen LogP contribution in [0.4, 0.5) is 8.78 Å². The first-order valence-electron chi connectivity index (χ1n) is 10.8. The highest BCUT2D eigenvalue weighted by molar-refractivity contribution is 7.10. The number of thiazole rings is 1. The van der Waals surface area contributed by atoms with Crippen LogP contribution >= 0.6 is 11.3 Å². The quantitative estimate of drug-likeness (QED) is 0.658. The van der Waals surface area contributed by atoms with Crippen molar-refractivity contribution in [1.82, 2.24) is 14.8 Å². The van der Waals surface area contributed by atoms with E-state index in [9.17, 15) is 23.6 Å². The summed E-state index contributed by atoms with van der Waals surface area (Å²) in [5.74, 6) is -1.61. The van der Waals surface area contributed by atoms with Crippen LogP contribution in [0.25, 0.3) is 11.3 Å². The Balaban J connectivity index is 1.68. The molecule has 3 heterocycles. The van der Waals surface area contributed by atoms with Gasteiger partial charge in [0.2, 0.25) is 11.8 Å². The highest BCUT2D eigenvalue weighted by atomic mass is 32.1. The SMILES string of the molecule is N#CC(CC(=O)N1CCCC1)(CC(=O)N1CCCC1)c1nc(-c2cc(F)ccc2F)cs1. The number of rotatable bonds is 6. The molecule has 2 aliphatic rings. The van der Waals surface area contributed by atoms with Crippen molar-refractivity contribution in [1.29, 1.82) is 5.26 Å². The summed E-state index contributed by atoms with van der Waals surface area (Å²) in [7, 11) is 0. The van der Waals surface area contributed by atoms with Crippen molar-refractivity contribution in [3.05, 3.63) is 40.2 Å². The van der Waals surface area contributed by atoms with E-state index in [1.807, 2.05) is 0 Å². The first kappa shape index (κ1) is 22.3. The lowest BCUT2D eigenvalue weighted by atomic mass is 9.82.